The Kier molecular flexibility index (Phi) is 4.16. The summed E-state index contributed by atoms with van der Waals surface area (Å²) in [6, 6.07) is -0.326. The van der Waals surface area contributed by atoms with Crippen molar-refractivity contribution in [2.24, 2.45) is 0 Å². The summed E-state index contributed by atoms with van der Waals surface area (Å²) in [4.78, 5) is 18.3. The summed E-state index contributed by atoms with van der Waals surface area (Å²) in [7, 11) is 1.62. The van der Waals surface area contributed by atoms with Gasteiger partial charge in [-0.25, -0.2) is 4.98 Å². The fraction of sp³-hybridized carbons (Fsp3) is 0.556. The van der Waals surface area contributed by atoms with Gasteiger partial charge in [-0.2, -0.15) is 4.98 Å². The van der Waals surface area contributed by atoms with E-state index in [1.165, 1.54) is 6.92 Å². The predicted octanol–water partition coefficient (Wildman–Crippen LogP) is 0.528. The number of rotatable bonds is 5. The number of aliphatic hydroxyl groups excluding tert-OH is 1. The largest absolute Gasteiger partial charge is 0.394 e. The van der Waals surface area contributed by atoms with Gasteiger partial charge in [0.1, 0.15) is 5.69 Å². The number of nitrogens with one attached hydrogen (secondary N) is 2. The summed E-state index contributed by atoms with van der Waals surface area (Å²) in [5.74, 6) is 0.397. The third kappa shape index (κ3) is 3.00. The van der Waals surface area contributed by atoms with Crippen LogP contribution in [0.15, 0.2) is 0 Å². The van der Waals surface area contributed by atoms with Crippen LogP contribution in [0.25, 0.3) is 0 Å². The van der Waals surface area contributed by atoms with Crippen LogP contribution in [0.3, 0.4) is 0 Å². The molecule has 1 atom stereocenters. The molecule has 8 nitrogen and oxygen atoms in total. The molecule has 1 aromatic heterocycles. The molecule has 0 bridgehead atoms. The lowest BCUT2D eigenvalue weighted by Gasteiger charge is -2.13. The number of nitrogens with zero attached hydrogens (tertiary/aromatic N) is 3. The first-order valence-electron chi connectivity index (χ1n) is 5.07. The molecule has 0 aliphatic heterocycles. The first-order valence-corrected chi connectivity index (χ1v) is 5.07. The van der Waals surface area contributed by atoms with E-state index in [1.54, 1.807) is 14.0 Å². The van der Waals surface area contributed by atoms with Crippen LogP contribution in [-0.4, -0.2) is 39.7 Å². The van der Waals surface area contributed by atoms with Crippen LogP contribution in [0.5, 0.6) is 0 Å². The lowest BCUT2D eigenvalue weighted by Crippen LogP contribution is -2.21. The standard InChI is InChI=1S/C9H15N5O3/c1-5(4-15)11-8-7(14(16)17)6(2)12-9(10-3)13-8/h5,15H,4H2,1-3H3,(H2,10,11,12,13). The Morgan fingerprint density at radius 1 is 1.53 bits per heavy atom. The summed E-state index contributed by atoms with van der Waals surface area (Å²) < 4.78 is 0. The lowest BCUT2D eigenvalue weighted by molar-refractivity contribution is -0.385. The zero-order chi connectivity index (χ0) is 13.0. The molecule has 8 heteroatoms. The average Bonchev–Trinajstić information content (AvgIpc) is 2.27. The highest BCUT2D eigenvalue weighted by Crippen LogP contribution is 2.26. The Morgan fingerprint density at radius 3 is 2.65 bits per heavy atom. The number of nitro groups is 1. The van der Waals surface area contributed by atoms with Crippen molar-refractivity contribution in [2.45, 2.75) is 19.9 Å². The quantitative estimate of drug-likeness (QED) is 0.509. The lowest BCUT2D eigenvalue weighted by atomic mass is 10.3. The third-order valence-electron chi connectivity index (χ3n) is 2.12. The minimum Gasteiger partial charge on any atom is -0.394 e. The summed E-state index contributed by atoms with van der Waals surface area (Å²) in [6.45, 7) is 3.09. The van der Waals surface area contributed by atoms with E-state index in [1.807, 2.05) is 0 Å². The van der Waals surface area contributed by atoms with Crippen molar-refractivity contribution in [2.75, 3.05) is 24.3 Å². The molecule has 1 rings (SSSR count). The van der Waals surface area contributed by atoms with Crippen molar-refractivity contribution in [3.63, 3.8) is 0 Å². The van der Waals surface area contributed by atoms with Gasteiger partial charge in [-0.05, 0) is 13.8 Å². The van der Waals surface area contributed by atoms with Crippen molar-refractivity contribution in [3.8, 4) is 0 Å². The molecule has 1 heterocycles. The molecule has 1 unspecified atom stereocenters. The Balaban J connectivity index is 3.22. The fourth-order valence-electron chi connectivity index (χ4n) is 1.28. The van der Waals surface area contributed by atoms with Crippen LogP contribution in [0, 0.1) is 17.0 Å². The van der Waals surface area contributed by atoms with Gasteiger partial charge in [0.05, 0.1) is 11.5 Å². The summed E-state index contributed by atoms with van der Waals surface area (Å²) in [6.07, 6.45) is 0. The second-order valence-corrected chi connectivity index (χ2v) is 3.56. The molecule has 0 spiro atoms. The average molecular weight is 241 g/mol. The van der Waals surface area contributed by atoms with Crippen LogP contribution in [0.1, 0.15) is 12.6 Å². The van der Waals surface area contributed by atoms with Crippen molar-refractivity contribution < 1.29 is 10.0 Å². The Hall–Kier alpha value is -1.96. The number of aryl methyl sites for hydroxylation is 1. The van der Waals surface area contributed by atoms with E-state index in [2.05, 4.69) is 20.6 Å². The highest BCUT2D eigenvalue weighted by molar-refractivity contribution is 5.61. The Labute approximate surface area is 98.2 Å². The van der Waals surface area contributed by atoms with Crippen LogP contribution >= 0.6 is 0 Å². The molecule has 94 valence electrons. The van der Waals surface area contributed by atoms with Crippen LogP contribution < -0.4 is 10.6 Å². The predicted molar refractivity (Wildman–Crippen MR) is 63.1 cm³/mol. The zero-order valence-corrected chi connectivity index (χ0v) is 9.89. The second kappa shape index (κ2) is 5.39. The van der Waals surface area contributed by atoms with Gasteiger partial charge in [0, 0.05) is 13.1 Å². The van der Waals surface area contributed by atoms with Gasteiger partial charge in [-0.1, -0.05) is 0 Å². The van der Waals surface area contributed by atoms with Gasteiger partial charge in [0.25, 0.3) is 0 Å². The van der Waals surface area contributed by atoms with E-state index < -0.39 is 4.92 Å². The van der Waals surface area contributed by atoms with E-state index >= 15 is 0 Å². The molecule has 1 aromatic rings. The summed E-state index contributed by atoms with van der Waals surface area (Å²) in [5, 5.41) is 25.3. The summed E-state index contributed by atoms with van der Waals surface area (Å²) in [5.41, 5.74) is 0.0892. The number of aromatic nitrogens is 2. The molecule has 0 aliphatic carbocycles. The van der Waals surface area contributed by atoms with E-state index in [-0.39, 0.29) is 29.8 Å². The number of hydrogen-bond acceptors (Lipinski definition) is 7. The smallest absolute Gasteiger partial charge is 0.332 e. The van der Waals surface area contributed by atoms with Crippen molar-refractivity contribution in [1.29, 1.82) is 0 Å². The molecule has 0 saturated heterocycles. The first-order chi connectivity index (χ1) is 7.99. The first kappa shape index (κ1) is 13.1. The highest BCUT2D eigenvalue weighted by Gasteiger charge is 2.22. The SMILES string of the molecule is CNc1nc(C)c([N+](=O)[O-])c(NC(C)CO)n1. The second-order valence-electron chi connectivity index (χ2n) is 3.56. The van der Waals surface area contributed by atoms with Crippen LogP contribution in [0.4, 0.5) is 17.5 Å². The molecule has 0 aliphatic rings. The van der Waals surface area contributed by atoms with E-state index in [0.717, 1.165) is 0 Å². The van der Waals surface area contributed by atoms with Gasteiger partial charge in [0.15, 0.2) is 0 Å². The maximum Gasteiger partial charge on any atom is 0.332 e. The fourth-order valence-corrected chi connectivity index (χ4v) is 1.28. The van der Waals surface area contributed by atoms with E-state index in [0.29, 0.717) is 5.95 Å². The van der Waals surface area contributed by atoms with Crippen LogP contribution in [-0.2, 0) is 0 Å². The molecule has 17 heavy (non-hydrogen) atoms. The van der Waals surface area contributed by atoms with Crippen molar-refractivity contribution >= 4 is 17.5 Å². The molecule has 0 aromatic carbocycles. The number of aliphatic hydroxyl groups is 1. The maximum atomic E-state index is 10.9. The molecule has 0 fully saturated rings. The van der Waals surface area contributed by atoms with E-state index in [9.17, 15) is 10.1 Å². The minimum atomic E-state index is -0.540. The van der Waals surface area contributed by atoms with Gasteiger partial charge in [-0.3, -0.25) is 10.1 Å². The van der Waals surface area contributed by atoms with E-state index in [4.69, 9.17) is 5.11 Å². The van der Waals surface area contributed by atoms with Crippen LogP contribution in [0.2, 0.25) is 0 Å². The molecule has 0 saturated carbocycles. The van der Waals surface area contributed by atoms with Gasteiger partial charge >= 0.3 is 5.69 Å². The molecular weight excluding hydrogens is 226 g/mol. The third-order valence-corrected chi connectivity index (χ3v) is 2.12. The highest BCUT2D eigenvalue weighted by atomic mass is 16.6. The van der Waals surface area contributed by atoms with Gasteiger partial charge < -0.3 is 15.7 Å². The zero-order valence-electron chi connectivity index (χ0n) is 9.89. The number of anilines is 2. The van der Waals surface area contributed by atoms with Crippen molar-refractivity contribution in [3.05, 3.63) is 15.8 Å². The molecule has 0 radical (unpaired) electrons. The van der Waals surface area contributed by atoms with Crippen molar-refractivity contribution in [1.82, 2.24) is 9.97 Å². The Bertz CT molecular complexity index is 423. The normalized spacial score (nSPS) is 12.0. The Morgan fingerprint density at radius 2 is 2.18 bits per heavy atom. The maximum absolute atomic E-state index is 10.9. The topological polar surface area (TPSA) is 113 Å². The number of hydrogen-bond donors (Lipinski definition) is 3. The molecule has 3 N–H and O–H groups in total. The minimum absolute atomic E-state index is 0.105. The monoisotopic (exact) mass is 241 g/mol. The molecular formula is C9H15N5O3. The van der Waals surface area contributed by atoms with Gasteiger partial charge in [0.2, 0.25) is 11.8 Å². The molecule has 0 amide bonds. The summed E-state index contributed by atoms with van der Waals surface area (Å²) >= 11 is 0. The van der Waals surface area contributed by atoms with Gasteiger partial charge in [-0.15, -0.1) is 0 Å².